The molecule has 0 spiro atoms. The zero-order valence-electron chi connectivity index (χ0n) is 25.8. The summed E-state index contributed by atoms with van der Waals surface area (Å²) in [6, 6.07) is 4.38. The lowest BCUT2D eigenvalue weighted by molar-refractivity contribution is -0.155. The van der Waals surface area contributed by atoms with E-state index in [9.17, 15) is 19.2 Å². The van der Waals surface area contributed by atoms with Crippen LogP contribution in [0.15, 0.2) is 18.2 Å². The maximum atomic E-state index is 12.8. The van der Waals surface area contributed by atoms with Gasteiger partial charge in [-0.25, -0.2) is 9.59 Å². The lowest BCUT2D eigenvalue weighted by atomic mass is 9.86. The van der Waals surface area contributed by atoms with Crippen LogP contribution in [-0.2, 0) is 35.0 Å². The van der Waals surface area contributed by atoms with Crippen LogP contribution in [0, 0.1) is 11.8 Å². The molecule has 232 valence electrons. The molecule has 1 rings (SSSR count). The highest BCUT2D eigenvalue weighted by molar-refractivity contribution is 5.81. The standard InChI is InChI=1S/C30H47NO10/c1-10-11-12-26(32)37-20(6)16-30(31,27(33)36-9)17-23-13-14-24(40-28(34)38-21(7)18(2)3)25(15-23)41-29(35)39-22(8)19(4)5/h13-15,18-22H,10-12,16-17,31H2,1-9H3/t20?,21-,22?,30+/m0/s1. The molecule has 0 saturated carbocycles. The van der Waals surface area contributed by atoms with Crippen LogP contribution in [0.2, 0.25) is 0 Å². The van der Waals surface area contributed by atoms with Gasteiger partial charge < -0.3 is 34.2 Å². The summed E-state index contributed by atoms with van der Waals surface area (Å²) in [5, 5.41) is 0. The molecule has 41 heavy (non-hydrogen) atoms. The molecule has 0 fully saturated rings. The van der Waals surface area contributed by atoms with Gasteiger partial charge in [-0.15, -0.1) is 0 Å². The molecule has 11 heteroatoms. The van der Waals surface area contributed by atoms with E-state index in [1.165, 1.54) is 19.2 Å². The predicted molar refractivity (Wildman–Crippen MR) is 152 cm³/mol. The lowest BCUT2D eigenvalue weighted by Gasteiger charge is -2.29. The number of carbonyl (C=O) groups excluding carboxylic acids is 4. The van der Waals surface area contributed by atoms with Crippen LogP contribution in [-0.4, -0.2) is 55.2 Å². The molecule has 1 aromatic rings. The SMILES string of the molecule is CCCCC(=O)OC(C)C[C@@](N)(Cc1ccc(OC(=O)O[C@@H](C)C(C)C)c(OC(=O)OC(C)C(C)C)c1)C(=O)OC. The van der Waals surface area contributed by atoms with Gasteiger partial charge in [0, 0.05) is 19.3 Å². The smallest absolute Gasteiger partial charge is 0.468 e. The highest BCUT2D eigenvalue weighted by atomic mass is 16.8. The largest absolute Gasteiger partial charge is 0.514 e. The van der Waals surface area contributed by atoms with E-state index in [0.717, 1.165) is 6.42 Å². The number of rotatable bonds is 15. The van der Waals surface area contributed by atoms with Crippen molar-refractivity contribution in [3.05, 3.63) is 23.8 Å². The fourth-order valence-electron chi connectivity index (χ4n) is 3.58. The van der Waals surface area contributed by atoms with E-state index in [1.807, 2.05) is 34.6 Å². The maximum absolute atomic E-state index is 12.8. The number of hydrogen-bond donors (Lipinski definition) is 1. The van der Waals surface area contributed by atoms with Crippen molar-refractivity contribution in [3.8, 4) is 11.5 Å². The molecule has 11 nitrogen and oxygen atoms in total. The summed E-state index contributed by atoms with van der Waals surface area (Å²) in [7, 11) is 1.21. The average molecular weight is 582 g/mol. The molecule has 0 aliphatic carbocycles. The molecule has 4 atom stereocenters. The monoisotopic (exact) mass is 581 g/mol. The highest BCUT2D eigenvalue weighted by Crippen LogP contribution is 2.32. The van der Waals surface area contributed by atoms with Crippen LogP contribution in [0.3, 0.4) is 0 Å². The fraction of sp³-hybridized carbons (Fsp3) is 0.667. The van der Waals surface area contributed by atoms with Crippen LogP contribution in [0.5, 0.6) is 11.5 Å². The first-order chi connectivity index (χ1) is 19.1. The normalized spacial score (nSPS) is 14.8. The van der Waals surface area contributed by atoms with Crippen LogP contribution in [0.1, 0.15) is 86.6 Å². The summed E-state index contributed by atoms with van der Waals surface area (Å²) >= 11 is 0. The Hall–Kier alpha value is -3.34. The van der Waals surface area contributed by atoms with Crippen molar-refractivity contribution < 1.29 is 47.6 Å². The third-order valence-corrected chi connectivity index (χ3v) is 6.67. The van der Waals surface area contributed by atoms with Gasteiger partial charge in [0.15, 0.2) is 11.5 Å². The van der Waals surface area contributed by atoms with Crippen LogP contribution in [0.4, 0.5) is 9.59 Å². The van der Waals surface area contributed by atoms with Crippen molar-refractivity contribution in [3.63, 3.8) is 0 Å². The van der Waals surface area contributed by atoms with Crippen molar-refractivity contribution in [2.75, 3.05) is 7.11 Å². The molecule has 0 saturated heterocycles. The van der Waals surface area contributed by atoms with E-state index >= 15 is 0 Å². The molecule has 0 aromatic heterocycles. The van der Waals surface area contributed by atoms with E-state index in [4.69, 9.17) is 34.2 Å². The summed E-state index contributed by atoms with van der Waals surface area (Å²) in [5.74, 6) is -1.23. The molecule has 2 unspecified atom stereocenters. The van der Waals surface area contributed by atoms with E-state index in [-0.39, 0.29) is 48.6 Å². The van der Waals surface area contributed by atoms with Crippen LogP contribution >= 0.6 is 0 Å². The van der Waals surface area contributed by atoms with Gasteiger partial charge in [0.25, 0.3) is 0 Å². The first-order valence-corrected chi connectivity index (χ1v) is 14.1. The molecule has 0 amide bonds. The second kappa shape index (κ2) is 16.8. The minimum Gasteiger partial charge on any atom is -0.468 e. The summed E-state index contributed by atoms with van der Waals surface area (Å²) in [5.41, 5.74) is 5.38. The number of unbranched alkanes of at least 4 members (excludes halogenated alkanes) is 1. The molecular weight excluding hydrogens is 534 g/mol. The van der Waals surface area contributed by atoms with Gasteiger partial charge in [-0.05, 0) is 56.7 Å². The average Bonchev–Trinajstić information content (AvgIpc) is 2.87. The van der Waals surface area contributed by atoms with Gasteiger partial charge in [0.2, 0.25) is 0 Å². The van der Waals surface area contributed by atoms with E-state index in [0.29, 0.717) is 12.0 Å². The Morgan fingerprint density at radius 2 is 1.37 bits per heavy atom. The number of ether oxygens (including phenoxy) is 6. The van der Waals surface area contributed by atoms with Crippen molar-refractivity contribution in [1.29, 1.82) is 0 Å². The van der Waals surface area contributed by atoms with Crippen molar-refractivity contribution in [2.45, 2.75) is 111 Å². The zero-order valence-corrected chi connectivity index (χ0v) is 25.8. The molecule has 0 bridgehead atoms. The summed E-state index contributed by atoms with van der Waals surface area (Å²) in [6.07, 6.45) is -1.81. The minimum absolute atomic E-state index is 0.0284. The Kier molecular flexibility index (Phi) is 14.6. The van der Waals surface area contributed by atoms with Crippen LogP contribution < -0.4 is 15.2 Å². The van der Waals surface area contributed by atoms with E-state index in [1.54, 1.807) is 26.8 Å². The number of benzene rings is 1. The number of esters is 2. The molecule has 2 N–H and O–H groups in total. The first-order valence-electron chi connectivity index (χ1n) is 14.1. The minimum atomic E-state index is -1.59. The number of carbonyl (C=O) groups is 4. The fourth-order valence-corrected chi connectivity index (χ4v) is 3.58. The Morgan fingerprint density at radius 3 is 1.85 bits per heavy atom. The Bertz CT molecular complexity index is 1020. The van der Waals surface area contributed by atoms with Crippen molar-refractivity contribution in [2.24, 2.45) is 17.6 Å². The van der Waals surface area contributed by atoms with Crippen molar-refractivity contribution in [1.82, 2.24) is 0 Å². The second-order valence-electron chi connectivity index (χ2n) is 11.1. The second-order valence-corrected chi connectivity index (χ2v) is 11.1. The van der Waals surface area contributed by atoms with E-state index in [2.05, 4.69) is 0 Å². The molecule has 1 aromatic carbocycles. The quantitative estimate of drug-likeness (QED) is 0.154. The van der Waals surface area contributed by atoms with E-state index < -0.39 is 42.1 Å². The third-order valence-electron chi connectivity index (χ3n) is 6.67. The summed E-state index contributed by atoms with van der Waals surface area (Å²) < 4.78 is 31.7. The summed E-state index contributed by atoms with van der Waals surface area (Å²) in [6.45, 7) is 14.6. The Morgan fingerprint density at radius 1 is 0.829 bits per heavy atom. The molecular formula is C30H47NO10. The van der Waals surface area contributed by atoms with Gasteiger partial charge in [-0.3, -0.25) is 9.59 Å². The Balaban J connectivity index is 3.28. The maximum Gasteiger partial charge on any atom is 0.514 e. The van der Waals surface area contributed by atoms with Gasteiger partial charge >= 0.3 is 24.2 Å². The summed E-state index contributed by atoms with van der Waals surface area (Å²) in [4.78, 5) is 49.8. The number of hydrogen-bond acceptors (Lipinski definition) is 11. The lowest BCUT2D eigenvalue weighted by Crippen LogP contribution is -2.53. The van der Waals surface area contributed by atoms with Crippen LogP contribution in [0.25, 0.3) is 0 Å². The molecule has 0 aliphatic rings. The van der Waals surface area contributed by atoms with Gasteiger partial charge in [0.1, 0.15) is 23.9 Å². The van der Waals surface area contributed by atoms with Crippen molar-refractivity contribution >= 4 is 24.2 Å². The molecule has 0 aliphatic heterocycles. The van der Waals surface area contributed by atoms with Gasteiger partial charge in [-0.2, -0.15) is 0 Å². The highest BCUT2D eigenvalue weighted by Gasteiger charge is 2.38. The molecule has 0 heterocycles. The number of methoxy groups -OCH3 is 1. The zero-order chi connectivity index (χ0) is 31.3. The van der Waals surface area contributed by atoms with Gasteiger partial charge in [-0.1, -0.05) is 47.1 Å². The topological polar surface area (TPSA) is 150 Å². The third kappa shape index (κ3) is 12.4. The first kappa shape index (κ1) is 35.7. The number of nitrogens with two attached hydrogens (primary N) is 1. The predicted octanol–water partition coefficient (Wildman–Crippen LogP) is 5.73. The van der Waals surface area contributed by atoms with Gasteiger partial charge in [0.05, 0.1) is 7.11 Å². The Labute approximate surface area is 243 Å². The molecule has 0 radical (unpaired) electrons.